The Balaban J connectivity index is 1.60. The van der Waals surface area contributed by atoms with Crippen LogP contribution in [0, 0.1) is 0 Å². The summed E-state index contributed by atoms with van der Waals surface area (Å²) in [4.78, 5) is 0. The second kappa shape index (κ2) is 9.14. The van der Waals surface area contributed by atoms with E-state index in [1.54, 1.807) is 12.2 Å². The molecule has 145 valence electrons. The molecule has 1 N–H and O–H groups in total. The molecule has 0 aromatic heterocycles. The fourth-order valence-corrected chi connectivity index (χ4v) is 5.62. The number of hydroxylamine groups is 2. The lowest BCUT2D eigenvalue weighted by Crippen LogP contribution is -2.67. The molecule has 2 saturated carbocycles. The molecule has 0 amide bonds. The Hall–Kier alpha value is -0.200. The summed E-state index contributed by atoms with van der Waals surface area (Å²) < 4.78 is 10.6. The highest BCUT2D eigenvalue weighted by Gasteiger charge is 2.55. The highest BCUT2D eigenvalue weighted by molar-refractivity contribution is 5.07. The largest absolute Gasteiger partial charge is 0.382 e. The molecule has 0 aromatic carbocycles. The van der Waals surface area contributed by atoms with E-state index in [4.69, 9.17) is 9.47 Å². The molecule has 0 bridgehead atoms. The van der Waals surface area contributed by atoms with Crippen LogP contribution in [0.25, 0.3) is 0 Å². The summed E-state index contributed by atoms with van der Waals surface area (Å²) in [5.41, 5.74) is -0.190. The molecule has 3 rings (SSSR count). The maximum Gasteiger partial charge on any atom is 0.0700 e. The Kier molecular flexibility index (Phi) is 7.15. The Morgan fingerprint density at radius 3 is 1.96 bits per heavy atom. The number of nitrogens with zero attached hydrogens (tertiary/aromatic N) is 1. The number of piperidine rings is 1. The molecule has 3 fully saturated rings. The van der Waals surface area contributed by atoms with E-state index in [1.807, 2.05) is 0 Å². The zero-order valence-electron chi connectivity index (χ0n) is 16.1. The third-order valence-electron chi connectivity index (χ3n) is 6.79. The van der Waals surface area contributed by atoms with Gasteiger partial charge in [-0.05, 0) is 38.5 Å². The topological polar surface area (TPSA) is 53.6 Å². The molecular weight excluding hydrogens is 316 g/mol. The van der Waals surface area contributed by atoms with Crippen LogP contribution in [0.3, 0.4) is 0 Å². The molecule has 2 spiro atoms. The zero-order valence-corrected chi connectivity index (χ0v) is 16.1. The zero-order chi connectivity index (χ0) is 17.6. The summed E-state index contributed by atoms with van der Waals surface area (Å²) in [7, 11) is 1.70. The van der Waals surface area contributed by atoms with Crippen LogP contribution in [0.15, 0.2) is 0 Å². The average Bonchev–Trinajstić information content (AvgIpc) is 2.64. The molecule has 1 heterocycles. The normalized spacial score (nSPS) is 29.3. The highest BCUT2D eigenvalue weighted by Crippen LogP contribution is 2.50. The number of ether oxygens (including phenoxy) is 2. The summed E-state index contributed by atoms with van der Waals surface area (Å²) in [6.07, 6.45) is 13.9. The predicted octanol–water partition coefficient (Wildman–Crippen LogP) is 3.45. The standard InChI is InChI=1S/C20H37N2O3/c1-24-14-15-25-13-12-21-18-16-19(8-4-2-5-9-19)22(23)20(17-18)10-6-3-7-11-20/h18,21H,2-17H2,1H3. The van der Waals surface area contributed by atoms with Crippen molar-refractivity contribution in [2.45, 2.75) is 94.2 Å². The van der Waals surface area contributed by atoms with Gasteiger partial charge in [0.1, 0.15) is 0 Å². The molecule has 0 unspecified atom stereocenters. The van der Waals surface area contributed by atoms with Crippen molar-refractivity contribution in [2.75, 3.05) is 33.5 Å². The third-order valence-corrected chi connectivity index (χ3v) is 6.79. The van der Waals surface area contributed by atoms with E-state index >= 15 is 0 Å². The van der Waals surface area contributed by atoms with Crippen molar-refractivity contribution >= 4 is 0 Å². The van der Waals surface area contributed by atoms with Gasteiger partial charge in [0.25, 0.3) is 0 Å². The Labute approximate surface area is 153 Å². The first-order valence-corrected chi connectivity index (χ1v) is 10.5. The van der Waals surface area contributed by atoms with Gasteiger partial charge in [0, 0.05) is 19.7 Å². The van der Waals surface area contributed by atoms with Crippen molar-refractivity contribution in [3.63, 3.8) is 0 Å². The van der Waals surface area contributed by atoms with Crippen LogP contribution in [-0.4, -0.2) is 55.7 Å². The minimum Gasteiger partial charge on any atom is -0.382 e. The highest BCUT2D eigenvalue weighted by atomic mass is 16.5. The van der Waals surface area contributed by atoms with E-state index in [0.29, 0.717) is 19.3 Å². The SMILES string of the molecule is COCCOCCNC1CC2(CCCCC2)N([O])C2(CCCCC2)C1. The maximum atomic E-state index is 13.5. The van der Waals surface area contributed by atoms with Crippen LogP contribution in [0.5, 0.6) is 0 Å². The molecule has 1 aliphatic heterocycles. The lowest BCUT2D eigenvalue weighted by Gasteiger charge is -2.58. The van der Waals surface area contributed by atoms with Crippen molar-refractivity contribution in [3.8, 4) is 0 Å². The molecule has 2 aliphatic carbocycles. The molecule has 1 radical (unpaired) electrons. The third kappa shape index (κ3) is 4.56. The summed E-state index contributed by atoms with van der Waals surface area (Å²) in [5.74, 6) is 0. The van der Waals surface area contributed by atoms with Crippen LogP contribution in [0.1, 0.15) is 77.0 Å². The molecule has 3 aliphatic rings. The van der Waals surface area contributed by atoms with Gasteiger partial charge in [-0.2, -0.15) is 0 Å². The first-order chi connectivity index (χ1) is 12.2. The minimum absolute atomic E-state index is 0.0948. The molecular formula is C20H37N2O3. The van der Waals surface area contributed by atoms with E-state index in [0.717, 1.165) is 51.7 Å². The maximum absolute atomic E-state index is 13.5. The van der Waals surface area contributed by atoms with Gasteiger partial charge in [-0.1, -0.05) is 38.5 Å². The smallest absolute Gasteiger partial charge is 0.0700 e. The second-order valence-electron chi connectivity index (χ2n) is 8.53. The average molecular weight is 354 g/mol. The van der Waals surface area contributed by atoms with Gasteiger partial charge in [-0.3, -0.25) is 0 Å². The summed E-state index contributed by atoms with van der Waals surface area (Å²) >= 11 is 0. The van der Waals surface area contributed by atoms with Crippen LogP contribution in [-0.2, 0) is 14.7 Å². The quantitative estimate of drug-likeness (QED) is 0.712. The molecule has 0 atom stereocenters. The van der Waals surface area contributed by atoms with Gasteiger partial charge in [-0.15, -0.1) is 10.3 Å². The molecule has 25 heavy (non-hydrogen) atoms. The number of hydrogen-bond acceptors (Lipinski definition) is 4. The fraction of sp³-hybridized carbons (Fsp3) is 1.00. The van der Waals surface area contributed by atoms with E-state index in [1.165, 1.54) is 38.5 Å². The Morgan fingerprint density at radius 2 is 1.44 bits per heavy atom. The fourth-order valence-electron chi connectivity index (χ4n) is 5.62. The monoisotopic (exact) mass is 353 g/mol. The van der Waals surface area contributed by atoms with Crippen molar-refractivity contribution in [2.24, 2.45) is 0 Å². The predicted molar refractivity (Wildman–Crippen MR) is 97.9 cm³/mol. The van der Waals surface area contributed by atoms with Crippen molar-refractivity contribution in [1.82, 2.24) is 10.4 Å². The number of hydrogen-bond donors (Lipinski definition) is 1. The number of methoxy groups -OCH3 is 1. The van der Waals surface area contributed by atoms with Crippen LogP contribution < -0.4 is 5.32 Å². The van der Waals surface area contributed by atoms with Gasteiger partial charge < -0.3 is 14.8 Å². The first kappa shape index (κ1) is 19.6. The van der Waals surface area contributed by atoms with Gasteiger partial charge in [0.15, 0.2) is 0 Å². The molecule has 5 nitrogen and oxygen atoms in total. The van der Waals surface area contributed by atoms with Crippen molar-refractivity contribution in [1.29, 1.82) is 0 Å². The lowest BCUT2D eigenvalue weighted by molar-refractivity contribution is -0.320. The number of nitrogens with one attached hydrogen (secondary N) is 1. The Morgan fingerprint density at radius 1 is 0.880 bits per heavy atom. The molecule has 0 aromatic rings. The van der Waals surface area contributed by atoms with E-state index in [-0.39, 0.29) is 11.1 Å². The summed E-state index contributed by atoms with van der Waals surface area (Å²) in [6.45, 7) is 2.91. The van der Waals surface area contributed by atoms with Crippen LogP contribution in [0.2, 0.25) is 0 Å². The van der Waals surface area contributed by atoms with E-state index in [9.17, 15) is 5.21 Å². The van der Waals surface area contributed by atoms with E-state index < -0.39 is 0 Å². The van der Waals surface area contributed by atoms with Gasteiger partial charge in [-0.25, -0.2) is 0 Å². The second-order valence-corrected chi connectivity index (χ2v) is 8.53. The van der Waals surface area contributed by atoms with Gasteiger partial charge >= 0.3 is 0 Å². The summed E-state index contributed by atoms with van der Waals surface area (Å²) in [5, 5.41) is 18.9. The van der Waals surface area contributed by atoms with Crippen molar-refractivity contribution in [3.05, 3.63) is 0 Å². The number of rotatable bonds is 7. The lowest BCUT2D eigenvalue weighted by atomic mass is 9.65. The van der Waals surface area contributed by atoms with E-state index in [2.05, 4.69) is 5.32 Å². The van der Waals surface area contributed by atoms with Crippen LogP contribution in [0.4, 0.5) is 0 Å². The minimum atomic E-state index is -0.0948. The summed E-state index contributed by atoms with van der Waals surface area (Å²) in [6, 6.07) is 0.465. The Bertz CT molecular complexity index is 364. The van der Waals surface area contributed by atoms with Gasteiger partial charge in [0.2, 0.25) is 0 Å². The first-order valence-electron chi connectivity index (χ1n) is 10.5. The van der Waals surface area contributed by atoms with Crippen molar-refractivity contribution < 1.29 is 14.7 Å². The van der Waals surface area contributed by atoms with Crippen LogP contribution >= 0.6 is 0 Å². The molecule has 1 saturated heterocycles. The van der Waals surface area contributed by atoms with Gasteiger partial charge in [0.05, 0.1) is 30.9 Å². The molecule has 5 heteroatoms.